The van der Waals surface area contributed by atoms with E-state index in [1.54, 1.807) is 0 Å². The van der Waals surface area contributed by atoms with Crippen molar-refractivity contribution < 1.29 is 27.1 Å². The van der Waals surface area contributed by atoms with Gasteiger partial charge in [0.05, 0.1) is 12.7 Å². The van der Waals surface area contributed by atoms with Gasteiger partial charge in [0.15, 0.2) is 11.6 Å². The van der Waals surface area contributed by atoms with Crippen LogP contribution in [0.15, 0.2) is 12.1 Å². The first kappa shape index (κ1) is 11.5. The zero-order valence-electron chi connectivity index (χ0n) is 7.56. The third-order valence-electron chi connectivity index (χ3n) is 1.73. The van der Waals surface area contributed by atoms with E-state index in [4.69, 9.17) is 0 Å². The van der Waals surface area contributed by atoms with Crippen LogP contribution in [0.3, 0.4) is 0 Å². The van der Waals surface area contributed by atoms with E-state index in [0.29, 0.717) is 0 Å². The lowest BCUT2D eigenvalue weighted by molar-refractivity contribution is 0.0673. The van der Waals surface area contributed by atoms with Crippen molar-refractivity contribution in [3.05, 3.63) is 29.3 Å². The summed E-state index contributed by atoms with van der Waals surface area (Å²) in [5.74, 6) is -5.28. The van der Waals surface area contributed by atoms with Crippen molar-refractivity contribution in [2.24, 2.45) is 0 Å². The fraction of sp³-hybridized carbons (Fsp3) is 0.222. The largest absolute Gasteiger partial charge is 0.494 e. The molecule has 0 radical (unpaired) electrons. The topological polar surface area (TPSA) is 26.3 Å². The first-order chi connectivity index (χ1) is 6.99. The zero-order valence-corrected chi connectivity index (χ0v) is 7.56. The lowest BCUT2D eigenvalue weighted by atomic mass is 10.1. The summed E-state index contributed by atoms with van der Waals surface area (Å²) in [5.41, 5.74) is -0.983. The van der Waals surface area contributed by atoms with Gasteiger partial charge in [-0.1, -0.05) is 0 Å². The van der Waals surface area contributed by atoms with E-state index < -0.39 is 35.2 Å². The van der Waals surface area contributed by atoms with Gasteiger partial charge in [-0.25, -0.2) is 13.2 Å². The van der Waals surface area contributed by atoms with E-state index in [2.05, 4.69) is 4.74 Å². The van der Waals surface area contributed by atoms with E-state index in [9.17, 15) is 22.4 Å². The van der Waals surface area contributed by atoms with E-state index in [0.717, 1.165) is 19.2 Å². The molecule has 0 aromatic heterocycles. The van der Waals surface area contributed by atoms with Crippen molar-refractivity contribution in [3.8, 4) is 5.75 Å². The Labute approximate surface area is 82.5 Å². The predicted octanol–water partition coefficient (Wildman–Crippen LogP) is 2.42. The molecule has 1 aromatic carbocycles. The molecule has 0 aliphatic rings. The number of Topliss-reactive ketones (excluding diaryl/α,β-unsaturated/α-hetero) is 1. The molecule has 2 nitrogen and oxygen atoms in total. The predicted molar refractivity (Wildman–Crippen MR) is 43.2 cm³/mol. The van der Waals surface area contributed by atoms with Gasteiger partial charge in [-0.2, -0.15) is 4.39 Å². The molecule has 0 bridgehead atoms. The van der Waals surface area contributed by atoms with Gasteiger partial charge in [0.1, 0.15) is 0 Å². The van der Waals surface area contributed by atoms with Crippen LogP contribution in [0.2, 0.25) is 0 Å². The van der Waals surface area contributed by atoms with E-state index in [-0.39, 0.29) is 0 Å². The lowest BCUT2D eigenvalue weighted by Gasteiger charge is -2.06. The molecule has 0 spiro atoms. The van der Waals surface area contributed by atoms with Gasteiger partial charge in [-0.05, 0) is 12.1 Å². The monoisotopic (exact) mass is 222 g/mol. The normalized spacial score (nSPS) is 10.5. The number of rotatable bonds is 3. The summed E-state index contributed by atoms with van der Waals surface area (Å²) in [4.78, 5) is 10.7. The zero-order chi connectivity index (χ0) is 11.6. The number of halogens is 4. The number of alkyl halides is 2. The summed E-state index contributed by atoms with van der Waals surface area (Å²) in [6.07, 6.45) is -3.37. The Balaban J connectivity index is 3.23. The minimum Gasteiger partial charge on any atom is -0.494 e. The second-order valence-electron chi connectivity index (χ2n) is 2.61. The highest BCUT2D eigenvalue weighted by Crippen LogP contribution is 2.23. The van der Waals surface area contributed by atoms with Gasteiger partial charge in [0, 0.05) is 0 Å². The number of carbonyl (C=O) groups is 1. The Morgan fingerprint density at radius 3 is 2.33 bits per heavy atom. The molecule has 0 amide bonds. The minimum absolute atomic E-state index is 0.446. The summed E-state index contributed by atoms with van der Waals surface area (Å²) in [6, 6.07) is 1.67. The summed E-state index contributed by atoms with van der Waals surface area (Å²) in [5, 5.41) is 0. The molecular formula is C9H6F4O2. The molecule has 0 N–H and O–H groups in total. The number of ketones is 1. The van der Waals surface area contributed by atoms with Crippen molar-refractivity contribution in [2.45, 2.75) is 6.43 Å². The second-order valence-corrected chi connectivity index (χ2v) is 2.61. The Hall–Kier alpha value is -1.59. The SMILES string of the molecule is COc1ccc(C(=O)C(F)F)c(F)c1F. The summed E-state index contributed by atoms with van der Waals surface area (Å²) >= 11 is 0. The van der Waals surface area contributed by atoms with Crippen LogP contribution in [0.5, 0.6) is 5.75 Å². The molecule has 82 valence electrons. The van der Waals surface area contributed by atoms with Gasteiger partial charge in [-0.3, -0.25) is 4.79 Å². The van der Waals surface area contributed by atoms with Gasteiger partial charge >= 0.3 is 6.43 Å². The Bertz CT molecular complexity index is 390. The molecule has 0 heterocycles. The first-order valence-corrected chi connectivity index (χ1v) is 3.83. The van der Waals surface area contributed by atoms with E-state index >= 15 is 0 Å². The highest BCUT2D eigenvalue weighted by molar-refractivity contribution is 5.98. The standard InChI is InChI=1S/C9H6F4O2/c1-15-5-3-2-4(6(10)7(5)11)8(14)9(12)13/h2-3,9H,1H3. The molecule has 15 heavy (non-hydrogen) atoms. The van der Waals surface area contributed by atoms with Crippen LogP contribution in [0.4, 0.5) is 17.6 Å². The molecule has 6 heteroatoms. The second kappa shape index (κ2) is 4.29. The number of ether oxygens (including phenoxy) is 1. The van der Waals surface area contributed by atoms with Crippen LogP contribution in [-0.4, -0.2) is 19.3 Å². The van der Waals surface area contributed by atoms with Crippen LogP contribution in [0, 0.1) is 11.6 Å². The minimum atomic E-state index is -3.37. The molecule has 0 saturated carbocycles. The molecule has 0 fully saturated rings. The molecular weight excluding hydrogens is 216 g/mol. The molecule has 1 aromatic rings. The van der Waals surface area contributed by atoms with Gasteiger partial charge in [-0.15, -0.1) is 0 Å². The number of benzene rings is 1. The van der Waals surface area contributed by atoms with Crippen LogP contribution in [0.25, 0.3) is 0 Å². The summed E-state index contributed by atoms with van der Waals surface area (Å²) in [7, 11) is 1.09. The van der Waals surface area contributed by atoms with Crippen molar-refractivity contribution in [1.29, 1.82) is 0 Å². The van der Waals surface area contributed by atoms with Crippen LogP contribution < -0.4 is 4.74 Å². The quantitative estimate of drug-likeness (QED) is 0.579. The molecule has 0 saturated heterocycles. The van der Waals surface area contributed by atoms with Crippen molar-refractivity contribution in [2.75, 3.05) is 7.11 Å². The number of hydrogen-bond donors (Lipinski definition) is 0. The Morgan fingerprint density at radius 1 is 1.27 bits per heavy atom. The maximum atomic E-state index is 13.1. The molecule has 0 aliphatic heterocycles. The summed E-state index contributed by atoms with van der Waals surface area (Å²) in [6.45, 7) is 0. The third-order valence-corrected chi connectivity index (χ3v) is 1.73. The van der Waals surface area contributed by atoms with Gasteiger partial charge < -0.3 is 4.74 Å². The lowest BCUT2D eigenvalue weighted by Crippen LogP contribution is -2.13. The maximum absolute atomic E-state index is 13.1. The van der Waals surface area contributed by atoms with Crippen molar-refractivity contribution >= 4 is 5.78 Å². The average molecular weight is 222 g/mol. The third kappa shape index (κ3) is 2.08. The maximum Gasteiger partial charge on any atom is 0.300 e. The molecule has 1 rings (SSSR count). The van der Waals surface area contributed by atoms with E-state index in [1.807, 2.05) is 0 Å². The first-order valence-electron chi connectivity index (χ1n) is 3.83. The van der Waals surface area contributed by atoms with Crippen LogP contribution in [0.1, 0.15) is 10.4 Å². The number of hydrogen-bond acceptors (Lipinski definition) is 2. The highest BCUT2D eigenvalue weighted by Gasteiger charge is 2.24. The Morgan fingerprint density at radius 2 is 1.87 bits per heavy atom. The van der Waals surface area contributed by atoms with Gasteiger partial charge in [0.2, 0.25) is 11.6 Å². The molecule has 0 unspecified atom stereocenters. The Kier molecular flexibility index (Phi) is 3.28. The fourth-order valence-corrected chi connectivity index (χ4v) is 0.997. The fourth-order valence-electron chi connectivity index (χ4n) is 0.997. The van der Waals surface area contributed by atoms with Crippen LogP contribution in [-0.2, 0) is 0 Å². The van der Waals surface area contributed by atoms with E-state index in [1.165, 1.54) is 0 Å². The number of methoxy groups -OCH3 is 1. The highest BCUT2D eigenvalue weighted by atomic mass is 19.3. The van der Waals surface area contributed by atoms with Crippen molar-refractivity contribution in [3.63, 3.8) is 0 Å². The molecule has 0 atom stereocenters. The van der Waals surface area contributed by atoms with Crippen molar-refractivity contribution in [1.82, 2.24) is 0 Å². The molecule has 0 aliphatic carbocycles. The summed E-state index contributed by atoms with van der Waals surface area (Å²) < 4.78 is 54.3. The van der Waals surface area contributed by atoms with Crippen LogP contribution >= 0.6 is 0 Å². The number of carbonyl (C=O) groups excluding carboxylic acids is 1. The smallest absolute Gasteiger partial charge is 0.300 e. The average Bonchev–Trinajstić information content (AvgIpc) is 2.21. The van der Waals surface area contributed by atoms with Gasteiger partial charge in [0.25, 0.3) is 0 Å².